The predicted molar refractivity (Wildman–Crippen MR) is 47.8 cm³/mol. The Morgan fingerprint density at radius 1 is 1.64 bits per heavy atom. The van der Waals surface area contributed by atoms with Gasteiger partial charge in [0.2, 0.25) is 5.78 Å². The van der Waals surface area contributed by atoms with E-state index < -0.39 is 0 Å². The van der Waals surface area contributed by atoms with Crippen molar-refractivity contribution in [3.05, 3.63) is 12.7 Å². The van der Waals surface area contributed by atoms with Crippen molar-refractivity contribution in [2.24, 2.45) is 0 Å². The average molecular weight is 177 g/mol. The monoisotopic (exact) mass is 176 g/mol. The van der Waals surface area contributed by atoms with Crippen molar-refractivity contribution in [2.45, 2.75) is 0 Å². The molecule has 64 valence electrons. The second-order valence-corrected chi connectivity index (χ2v) is 3.55. The minimum absolute atomic E-state index is 0.0696. The molecule has 0 spiro atoms. The van der Waals surface area contributed by atoms with Crippen LogP contribution in [0.25, 0.3) is 0 Å². The Morgan fingerprint density at radius 2 is 2.18 bits per heavy atom. The Hall–Kier alpha value is -0.340. The molecule has 0 atom stereocenters. The van der Waals surface area contributed by atoms with Gasteiger partial charge in [0.15, 0.2) is 0 Å². The van der Waals surface area contributed by atoms with Crippen LogP contribution in [0, 0.1) is 0 Å². The van der Waals surface area contributed by atoms with E-state index in [9.17, 15) is 4.79 Å². The standard InChI is InChI=1S/C8H15ClNO/c1-4-8(11)7-10(2,3)6-5-9/h4H,1,5-7H2,2-3H3/q+1. The lowest BCUT2D eigenvalue weighted by Crippen LogP contribution is -2.44. The molecular weight excluding hydrogens is 162 g/mol. The Labute approximate surface area is 73.0 Å². The maximum absolute atomic E-state index is 10.9. The third-order valence-corrected chi connectivity index (χ3v) is 1.67. The summed E-state index contributed by atoms with van der Waals surface area (Å²) < 4.78 is 0.633. The summed E-state index contributed by atoms with van der Waals surface area (Å²) >= 11 is 5.56. The molecule has 0 saturated carbocycles. The fourth-order valence-corrected chi connectivity index (χ4v) is 1.25. The van der Waals surface area contributed by atoms with Gasteiger partial charge < -0.3 is 4.48 Å². The molecule has 0 aromatic carbocycles. The van der Waals surface area contributed by atoms with E-state index in [2.05, 4.69) is 6.58 Å². The molecule has 0 aliphatic rings. The van der Waals surface area contributed by atoms with E-state index in [1.54, 1.807) is 0 Å². The van der Waals surface area contributed by atoms with Gasteiger partial charge in [0.25, 0.3) is 0 Å². The van der Waals surface area contributed by atoms with Crippen LogP contribution in [-0.2, 0) is 4.79 Å². The number of alkyl halides is 1. The van der Waals surface area contributed by atoms with Crippen molar-refractivity contribution in [3.8, 4) is 0 Å². The predicted octanol–water partition coefficient (Wildman–Crippen LogP) is 1.06. The molecule has 0 aromatic heterocycles. The van der Waals surface area contributed by atoms with Gasteiger partial charge >= 0.3 is 0 Å². The van der Waals surface area contributed by atoms with Gasteiger partial charge in [-0.05, 0) is 6.08 Å². The third kappa shape index (κ3) is 4.99. The maximum Gasteiger partial charge on any atom is 0.209 e. The molecule has 0 aliphatic heterocycles. The van der Waals surface area contributed by atoms with E-state index in [0.717, 1.165) is 6.54 Å². The number of hydrogen-bond acceptors (Lipinski definition) is 1. The summed E-state index contributed by atoms with van der Waals surface area (Å²) in [6.45, 7) is 4.70. The first kappa shape index (κ1) is 10.7. The third-order valence-electron chi connectivity index (χ3n) is 1.50. The molecule has 0 unspecified atom stereocenters. The Balaban J connectivity index is 3.89. The van der Waals surface area contributed by atoms with Crippen molar-refractivity contribution in [1.82, 2.24) is 0 Å². The second kappa shape index (κ2) is 4.52. The first-order valence-electron chi connectivity index (χ1n) is 3.55. The SMILES string of the molecule is C=CC(=O)C[N+](C)(C)CCCl. The molecule has 0 N–H and O–H groups in total. The van der Waals surface area contributed by atoms with Crippen LogP contribution in [0.4, 0.5) is 0 Å². The lowest BCUT2D eigenvalue weighted by atomic mass is 10.3. The molecule has 3 heteroatoms. The zero-order valence-corrected chi connectivity index (χ0v) is 7.90. The van der Waals surface area contributed by atoms with Gasteiger partial charge in [-0.1, -0.05) is 6.58 Å². The number of likely N-dealkylation sites (N-methyl/N-ethyl adjacent to an activating group) is 1. The molecule has 0 aromatic rings. The largest absolute Gasteiger partial charge is 0.321 e. The zero-order valence-electron chi connectivity index (χ0n) is 7.14. The number of carbonyl (C=O) groups excluding carboxylic acids is 1. The van der Waals surface area contributed by atoms with Crippen molar-refractivity contribution < 1.29 is 9.28 Å². The highest BCUT2D eigenvalue weighted by atomic mass is 35.5. The molecule has 0 rings (SSSR count). The quantitative estimate of drug-likeness (QED) is 0.348. The van der Waals surface area contributed by atoms with Crippen LogP contribution in [0.5, 0.6) is 0 Å². The molecule has 0 bridgehead atoms. The highest BCUT2D eigenvalue weighted by molar-refractivity contribution is 6.17. The molecule has 2 nitrogen and oxygen atoms in total. The number of rotatable bonds is 5. The number of quaternary nitrogens is 1. The van der Waals surface area contributed by atoms with Crippen molar-refractivity contribution >= 4 is 17.4 Å². The van der Waals surface area contributed by atoms with Gasteiger partial charge in [-0.3, -0.25) is 4.79 Å². The summed E-state index contributed by atoms with van der Waals surface area (Å²) in [5.41, 5.74) is 0. The van der Waals surface area contributed by atoms with Crippen LogP contribution < -0.4 is 0 Å². The smallest absolute Gasteiger partial charge is 0.209 e. The number of carbonyl (C=O) groups is 1. The van der Waals surface area contributed by atoms with Crippen molar-refractivity contribution in [2.75, 3.05) is 33.1 Å². The average Bonchev–Trinajstić information content (AvgIpc) is 1.86. The second-order valence-electron chi connectivity index (χ2n) is 3.18. The van der Waals surface area contributed by atoms with Gasteiger partial charge in [-0.25, -0.2) is 0 Å². The van der Waals surface area contributed by atoms with Gasteiger partial charge in [0.1, 0.15) is 6.54 Å². The van der Waals surface area contributed by atoms with E-state index in [1.807, 2.05) is 14.1 Å². The van der Waals surface area contributed by atoms with Gasteiger partial charge in [-0.15, -0.1) is 11.6 Å². The lowest BCUT2D eigenvalue weighted by Gasteiger charge is -2.27. The number of ketones is 1. The topological polar surface area (TPSA) is 17.1 Å². The Morgan fingerprint density at radius 3 is 2.55 bits per heavy atom. The Bertz CT molecular complexity index is 154. The number of nitrogens with zero attached hydrogens (tertiary/aromatic N) is 1. The number of hydrogen-bond donors (Lipinski definition) is 0. The summed E-state index contributed by atoms with van der Waals surface area (Å²) in [4.78, 5) is 10.9. The first-order chi connectivity index (χ1) is 5.02. The fourth-order valence-electron chi connectivity index (χ4n) is 0.794. The van der Waals surface area contributed by atoms with Crippen molar-refractivity contribution in [3.63, 3.8) is 0 Å². The highest BCUT2D eigenvalue weighted by Gasteiger charge is 2.16. The molecule has 0 radical (unpaired) electrons. The zero-order chi connectivity index (χ0) is 8.91. The first-order valence-corrected chi connectivity index (χ1v) is 4.08. The molecule has 0 amide bonds. The Kier molecular flexibility index (Phi) is 4.38. The summed E-state index contributed by atoms with van der Waals surface area (Å²) in [6.07, 6.45) is 1.36. The minimum Gasteiger partial charge on any atom is -0.321 e. The molecule has 0 aliphatic carbocycles. The summed E-state index contributed by atoms with van der Waals surface area (Å²) in [5.74, 6) is 0.650. The summed E-state index contributed by atoms with van der Waals surface area (Å²) in [5, 5.41) is 0. The fraction of sp³-hybridized carbons (Fsp3) is 0.625. The molecule has 0 saturated heterocycles. The van der Waals surface area contributed by atoms with Crippen molar-refractivity contribution in [1.29, 1.82) is 0 Å². The van der Waals surface area contributed by atoms with Crippen LogP contribution in [-0.4, -0.2) is 43.3 Å². The van der Waals surface area contributed by atoms with Gasteiger partial charge in [0.05, 0.1) is 26.5 Å². The normalized spacial score (nSPS) is 11.2. The summed E-state index contributed by atoms with van der Waals surface area (Å²) in [6, 6.07) is 0. The van der Waals surface area contributed by atoms with Gasteiger partial charge in [0, 0.05) is 0 Å². The molecule has 11 heavy (non-hydrogen) atoms. The van der Waals surface area contributed by atoms with E-state index in [1.165, 1.54) is 6.08 Å². The lowest BCUT2D eigenvalue weighted by molar-refractivity contribution is -0.879. The highest BCUT2D eigenvalue weighted by Crippen LogP contribution is 1.97. The molecular formula is C8H15ClNO+. The van der Waals surface area contributed by atoms with Crippen LogP contribution in [0.2, 0.25) is 0 Å². The van der Waals surface area contributed by atoms with Crippen LogP contribution in [0.3, 0.4) is 0 Å². The van der Waals surface area contributed by atoms with Crippen LogP contribution in [0.15, 0.2) is 12.7 Å². The van der Waals surface area contributed by atoms with Crippen LogP contribution >= 0.6 is 11.6 Å². The molecule has 0 heterocycles. The maximum atomic E-state index is 10.9. The van der Waals surface area contributed by atoms with E-state index in [0.29, 0.717) is 16.9 Å². The summed E-state index contributed by atoms with van der Waals surface area (Å²) in [7, 11) is 3.95. The minimum atomic E-state index is 0.0696. The molecule has 0 fully saturated rings. The number of halogens is 1. The van der Waals surface area contributed by atoms with Gasteiger partial charge in [-0.2, -0.15) is 0 Å². The van der Waals surface area contributed by atoms with E-state index in [-0.39, 0.29) is 5.78 Å². The van der Waals surface area contributed by atoms with E-state index in [4.69, 9.17) is 11.6 Å². The van der Waals surface area contributed by atoms with Crippen LogP contribution in [0.1, 0.15) is 0 Å². The van der Waals surface area contributed by atoms with E-state index >= 15 is 0 Å².